The molecule has 0 aromatic carbocycles. The molecular weight excluding hydrogens is 233 g/mol. The monoisotopic (exact) mass is 247 g/mol. The van der Waals surface area contributed by atoms with Gasteiger partial charge < -0.3 is 5.32 Å². The molecule has 1 unspecified atom stereocenters. The first-order valence-corrected chi connectivity index (χ1v) is 5.83. The molecule has 5 heteroatoms. The second-order valence-corrected chi connectivity index (χ2v) is 4.60. The van der Waals surface area contributed by atoms with E-state index in [4.69, 9.17) is 23.2 Å². The summed E-state index contributed by atoms with van der Waals surface area (Å²) in [6.45, 7) is 4.31. The number of hydrogen-bond donors (Lipinski definition) is 1. The molecule has 1 N–H and O–H groups in total. The molecule has 0 aliphatic rings. The first kappa shape index (κ1) is 12.5. The first-order valence-electron chi connectivity index (χ1n) is 4.92. The van der Waals surface area contributed by atoms with Crippen molar-refractivity contribution in [1.82, 2.24) is 9.97 Å². The largest absolute Gasteiger partial charge is 0.350 e. The number of alkyl halides is 1. The third-order valence-electron chi connectivity index (χ3n) is 1.90. The van der Waals surface area contributed by atoms with Crippen molar-refractivity contribution in [3.8, 4) is 0 Å². The van der Waals surface area contributed by atoms with Crippen molar-refractivity contribution in [1.29, 1.82) is 0 Å². The molecule has 1 aromatic rings. The van der Waals surface area contributed by atoms with Crippen molar-refractivity contribution < 1.29 is 0 Å². The van der Waals surface area contributed by atoms with Gasteiger partial charge in [0.2, 0.25) is 5.95 Å². The molecule has 1 heterocycles. The molecule has 0 aliphatic carbocycles. The van der Waals surface area contributed by atoms with Crippen LogP contribution in [0.4, 0.5) is 5.95 Å². The van der Waals surface area contributed by atoms with Crippen LogP contribution in [0.2, 0.25) is 5.02 Å². The lowest BCUT2D eigenvalue weighted by Crippen LogP contribution is -2.24. The minimum atomic E-state index is 0.202. The molecule has 0 saturated carbocycles. The standard InChI is InChI=1S/C10H15Cl2N3/c1-7(2)3-9(4-11)15-10-13-5-8(12)6-14-10/h5-7,9H,3-4H2,1-2H3,(H,13,14,15). The van der Waals surface area contributed by atoms with Crippen LogP contribution in [0.15, 0.2) is 12.4 Å². The zero-order valence-corrected chi connectivity index (χ0v) is 10.4. The summed E-state index contributed by atoms with van der Waals surface area (Å²) in [6, 6.07) is 0.202. The molecule has 0 radical (unpaired) electrons. The van der Waals surface area contributed by atoms with E-state index in [0.29, 0.717) is 22.8 Å². The van der Waals surface area contributed by atoms with E-state index in [1.165, 1.54) is 0 Å². The van der Waals surface area contributed by atoms with E-state index >= 15 is 0 Å². The van der Waals surface area contributed by atoms with E-state index in [1.54, 1.807) is 12.4 Å². The summed E-state index contributed by atoms with van der Waals surface area (Å²) in [5.74, 6) is 1.71. The fourth-order valence-electron chi connectivity index (χ4n) is 1.30. The summed E-state index contributed by atoms with van der Waals surface area (Å²) in [7, 11) is 0. The van der Waals surface area contributed by atoms with Crippen LogP contribution in [0.1, 0.15) is 20.3 Å². The highest BCUT2D eigenvalue weighted by molar-refractivity contribution is 6.30. The van der Waals surface area contributed by atoms with E-state index in [1.807, 2.05) is 0 Å². The Kier molecular flexibility index (Phi) is 5.12. The highest BCUT2D eigenvalue weighted by atomic mass is 35.5. The second-order valence-electron chi connectivity index (χ2n) is 3.85. The minimum absolute atomic E-state index is 0.202. The fraction of sp³-hybridized carbons (Fsp3) is 0.600. The molecule has 3 nitrogen and oxygen atoms in total. The first-order chi connectivity index (χ1) is 7.11. The summed E-state index contributed by atoms with van der Waals surface area (Å²) in [4.78, 5) is 8.12. The Morgan fingerprint density at radius 3 is 2.40 bits per heavy atom. The molecule has 15 heavy (non-hydrogen) atoms. The summed E-state index contributed by atoms with van der Waals surface area (Å²) >= 11 is 11.5. The zero-order chi connectivity index (χ0) is 11.3. The fourth-order valence-corrected chi connectivity index (χ4v) is 1.60. The summed E-state index contributed by atoms with van der Waals surface area (Å²) in [5, 5.41) is 3.71. The van der Waals surface area contributed by atoms with Crippen molar-refractivity contribution in [2.24, 2.45) is 5.92 Å². The number of hydrogen-bond acceptors (Lipinski definition) is 3. The molecule has 84 valence electrons. The van der Waals surface area contributed by atoms with Crippen LogP contribution in [0.3, 0.4) is 0 Å². The van der Waals surface area contributed by atoms with Crippen LogP contribution in [0, 0.1) is 5.92 Å². The Labute approximate surface area is 100 Å². The van der Waals surface area contributed by atoms with Gasteiger partial charge in [-0.3, -0.25) is 0 Å². The molecule has 0 aliphatic heterocycles. The number of anilines is 1. The average Bonchev–Trinajstić information content (AvgIpc) is 2.19. The Balaban J connectivity index is 2.54. The van der Waals surface area contributed by atoms with Crippen molar-refractivity contribution in [2.45, 2.75) is 26.3 Å². The van der Waals surface area contributed by atoms with Gasteiger partial charge in [-0.2, -0.15) is 0 Å². The van der Waals surface area contributed by atoms with Gasteiger partial charge in [0.1, 0.15) is 0 Å². The number of nitrogens with one attached hydrogen (secondary N) is 1. The Morgan fingerprint density at radius 1 is 1.33 bits per heavy atom. The third kappa shape index (κ3) is 4.67. The number of aromatic nitrogens is 2. The van der Waals surface area contributed by atoms with Crippen molar-refractivity contribution in [3.05, 3.63) is 17.4 Å². The lowest BCUT2D eigenvalue weighted by Gasteiger charge is -2.17. The highest BCUT2D eigenvalue weighted by Crippen LogP contribution is 2.12. The van der Waals surface area contributed by atoms with E-state index in [9.17, 15) is 0 Å². The van der Waals surface area contributed by atoms with Gasteiger partial charge in [0.05, 0.1) is 17.4 Å². The summed E-state index contributed by atoms with van der Waals surface area (Å²) < 4.78 is 0. The average molecular weight is 248 g/mol. The van der Waals surface area contributed by atoms with Crippen LogP contribution >= 0.6 is 23.2 Å². The predicted octanol–water partition coefficient (Wildman–Crippen LogP) is 3.20. The molecular formula is C10H15Cl2N3. The Bertz CT molecular complexity index is 287. The second kappa shape index (κ2) is 6.13. The van der Waals surface area contributed by atoms with Crippen LogP contribution in [-0.4, -0.2) is 21.9 Å². The van der Waals surface area contributed by atoms with Crippen LogP contribution in [0.25, 0.3) is 0 Å². The normalized spacial score (nSPS) is 12.9. The molecule has 1 rings (SSSR count). The van der Waals surface area contributed by atoms with Gasteiger partial charge in [0.15, 0.2) is 0 Å². The molecule has 0 spiro atoms. The summed E-state index contributed by atoms with van der Waals surface area (Å²) in [5.41, 5.74) is 0. The SMILES string of the molecule is CC(C)CC(CCl)Nc1ncc(Cl)cn1. The molecule has 0 saturated heterocycles. The smallest absolute Gasteiger partial charge is 0.222 e. The Hall–Kier alpha value is -0.540. The minimum Gasteiger partial charge on any atom is -0.350 e. The van der Waals surface area contributed by atoms with Crippen molar-refractivity contribution in [2.75, 3.05) is 11.2 Å². The molecule has 1 aromatic heterocycles. The van der Waals surface area contributed by atoms with E-state index in [2.05, 4.69) is 29.1 Å². The van der Waals surface area contributed by atoms with Crippen LogP contribution in [0.5, 0.6) is 0 Å². The van der Waals surface area contributed by atoms with Gasteiger partial charge in [0, 0.05) is 11.9 Å². The third-order valence-corrected chi connectivity index (χ3v) is 2.46. The van der Waals surface area contributed by atoms with Crippen LogP contribution < -0.4 is 5.32 Å². The maximum absolute atomic E-state index is 5.85. The number of rotatable bonds is 5. The number of halogens is 2. The van der Waals surface area contributed by atoms with Crippen molar-refractivity contribution >= 4 is 29.2 Å². The van der Waals surface area contributed by atoms with E-state index < -0.39 is 0 Å². The number of nitrogens with zero attached hydrogens (tertiary/aromatic N) is 2. The van der Waals surface area contributed by atoms with E-state index in [0.717, 1.165) is 6.42 Å². The van der Waals surface area contributed by atoms with Gasteiger partial charge >= 0.3 is 0 Å². The molecule has 0 fully saturated rings. The summed E-state index contributed by atoms with van der Waals surface area (Å²) in [6.07, 6.45) is 4.13. The molecule has 0 amide bonds. The maximum atomic E-state index is 5.85. The zero-order valence-electron chi connectivity index (χ0n) is 8.87. The maximum Gasteiger partial charge on any atom is 0.222 e. The van der Waals surface area contributed by atoms with E-state index in [-0.39, 0.29) is 6.04 Å². The van der Waals surface area contributed by atoms with Gasteiger partial charge in [-0.15, -0.1) is 11.6 Å². The topological polar surface area (TPSA) is 37.8 Å². The Morgan fingerprint density at radius 2 is 1.93 bits per heavy atom. The van der Waals surface area contributed by atoms with Crippen LogP contribution in [-0.2, 0) is 0 Å². The predicted molar refractivity (Wildman–Crippen MR) is 64.6 cm³/mol. The van der Waals surface area contributed by atoms with Gasteiger partial charge in [-0.1, -0.05) is 25.4 Å². The van der Waals surface area contributed by atoms with Gasteiger partial charge in [0.25, 0.3) is 0 Å². The quantitative estimate of drug-likeness (QED) is 0.813. The lowest BCUT2D eigenvalue weighted by molar-refractivity contribution is 0.540. The van der Waals surface area contributed by atoms with Gasteiger partial charge in [-0.05, 0) is 12.3 Å². The van der Waals surface area contributed by atoms with Gasteiger partial charge in [-0.25, -0.2) is 9.97 Å². The molecule has 1 atom stereocenters. The lowest BCUT2D eigenvalue weighted by atomic mass is 10.1. The highest BCUT2D eigenvalue weighted by Gasteiger charge is 2.10. The molecule has 0 bridgehead atoms. The van der Waals surface area contributed by atoms with Crippen molar-refractivity contribution in [3.63, 3.8) is 0 Å².